The highest BCUT2D eigenvalue weighted by atomic mass is 35.5. The standard InChI is InChI=1S/C14H10Cl3N5/c15-7-5-9(12(17)10(16)6-7)8-1-2-11(22-13(8)19)14(20)21-4-3-18/h1-2,5-6H,4H2,(H2,19,22)(H2,20,21). The molecule has 0 aliphatic carbocycles. The predicted octanol–water partition coefficient (Wildman–Crippen LogP) is 3.52. The van der Waals surface area contributed by atoms with Crippen molar-refractivity contribution in [1.82, 2.24) is 4.98 Å². The molecule has 1 heterocycles. The lowest BCUT2D eigenvalue weighted by Crippen LogP contribution is -2.16. The van der Waals surface area contributed by atoms with E-state index in [1.54, 1.807) is 24.3 Å². The van der Waals surface area contributed by atoms with Crippen molar-refractivity contribution >= 4 is 46.5 Å². The van der Waals surface area contributed by atoms with E-state index in [0.717, 1.165) is 0 Å². The number of aliphatic imine (C=N–C) groups is 1. The van der Waals surface area contributed by atoms with Crippen LogP contribution in [0, 0.1) is 11.3 Å². The van der Waals surface area contributed by atoms with Crippen LogP contribution in [0.2, 0.25) is 15.1 Å². The number of halogens is 3. The van der Waals surface area contributed by atoms with Crippen LogP contribution >= 0.6 is 34.8 Å². The van der Waals surface area contributed by atoms with E-state index in [1.165, 1.54) is 0 Å². The molecular formula is C14H10Cl3N5. The molecular weight excluding hydrogens is 345 g/mol. The molecule has 2 rings (SSSR count). The lowest BCUT2D eigenvalue weighted by molar-refractivity contribution is 1.20. The second-order valence-electron chi connectivity index (χ2n) is 4.24. The van der Waals surface area contributed by atoms with E-state index in [4.69, 9.17) is 51.5 Å². The van der Waals surface area contributed by atoms with Gasteiger partial charge in [0.2, 0.25) is 0 Å². The molecule has 0 bridgehead atoms. The van der Waals surface area contributed by atoms with E-state index in [-0.39, 0.29) is 18.2 Å². The summed E-state index contributed by atoms with van der Waals surface area (Å²) in [5, 5.41) is 9.58. The molecule has 0 saturated carbocycles. The number of amidine groups is 1. The lowest BCUT2D eigenvalue weighted by Gasteiger charge is -2.10. The van der Waals surface area contributed by atoms with Crippen molar-refractivity contribution in [2.75, 3.05) is 12.3 Å². The molecule has 0 fully saturated rings. The third-order valence-electron chi connectivity index (χ3n) is 2.79. The number of benzene rings is 1. The van der Waals surface area contributed by atoms with Gasteiger partial charge in [0.15, 0.2) is 0 Å². The van der Waals surface area contributed by atoms with E-state index < -0.39 is 0 Å². The number of pyridine rings is 1. The topological polar surface area (TPSA) is 101 Å². The number of hydrogen-bond donors (Lipinski definition) is 2. The number of nitrogens with zero attached hydrogens (tertiary/aromatic N) is 3. The molecule has 1 aromatic heterocycles. The van der Waals surface area contributed by atoms with Crippen LogP contribution in [0.3, 0.4) is 0 Å². The zero-order chi connectivity index (χ0) is 16.3. The number of hydrogen-bond acceptors (Lipinski definition) is 4. The molecule has 5 nitrogen and oxygen atoms in total. The first kappa shape index (κ1) is 16.4. The average Bonchev–Trinajstić information content (AvgIpc) is 2.48. The summed E-state index contributed by atoms with van der Waals surface area (Å²) in [7, 11) is 0. The van der Waals surface area contributed by atoms with E-state index in [2.05, 4.69) is 9.98 Å². The Kier molecular flexibility index (Phi) is 5.09. The molecule has 0 radical (unpaired) electrons. The van der Waals surface area contributed by atoms with E-state index in [9.17, 15) is 0 Å². The van der Waals surface area contributed by atoms with Gasteiger partial charge in [-0.1, -0.05) is 34.8 Å². The van der Waals surface area contributed by atoms with Crippen LogP contribution in [0.1, 0.15) is 5.69 Å². The Morgan fingerprint density at radius 2 is 1.95 bits per heavy atom. The van der Waals surface area contributed by atoms with Crippen molar-refractivity contribution in [2.24, 2.45) is 10.7 Å². The predicted molar refractivity (Wildman–Crippen MR) is 90.3 cm³/mol. The number of nitrogens with two attached hydrogens (primary N) is 2. The molecule has 0 saturated heterocycles. The van der Waals surface area contributed by atoms with Crippen LogP contribution in [0.25, 0.3) is 11.1 Å². The molecule has 1 aromatic carbocycles. The smallest absolute Gasteiger partial charge is 0.145 e. The minimum Gasteiger partial charge on any atom is -0.383 e. The van der Waals surface area contributed by atoms with Gasteiger partial charge in [0, 0.05) is 16.1 Å². The van der Waals surface area contributed by atoms with Gasteiger partial charge in [-0.3, -0.25) is 4.99 Å². The summed E-state index contributed by atoms with van der Waals surface area (Å²) in [4.78, 5) is 8.02. The summed E-state index contributed by atoms with van der Waals surface area (Å²) in [6.45, 7) is -0.0507. The monoisotopic (exact) mass is 353 g/mol. The van der Waals surface area contributed by atoms with Gasteiger partial charge in [-0.15, -0.1) is 0 Å². The van der Waals surface area contributed by atoms with Crippen molar-refractivity contribution in [2.45, 2.75) is 0 Å². The highest BCUT2D eigenvalue weighted by Crippen LogP contribution is 2.38. The Morgan fingerprint density at radius 3 is 2.59 bits per heavy atom. The van der Waals surface area contributed by atoms with Gasteiger partial charge in [-0.05, 0) is 24.3 Å². The Bertz CT molecular complexity index is 796. The van der Waals surface area contributed by atoms with Crippen molar-refractivity contribution in [1.29, 1.82) is 5.26 Å². The van der Waals surface area contributed by atoms with Gasteiger partial charge in [0.25, 0.3) is 0 Å². The van der Waals surface area contributed by atoms with E-state index >= 15 is 0 Å². The van der Waals surface area contributed by atoms with Gasteiger partial charge in [0.05, 0.1) is 16.1 Å². The maximum absolute atomic E-state index is 8.49. The SMILES string of the molecule is N#CCN=C(N)c1ccc(-c2cc(Cl)cc(Cl)c2Cl)c(N)n1. The second-order valence-corrected chi connectivity index (χ2v) is 5.46. The Hall–Kier alpha value is -2.00. The molecule has 112 valence electrons. The Balaban J connectivity index is 2.50. The minimum absolute atomic E-state index is 0.0507. The van der Waals surface area contributed by atoms with E-state index in [0.29, 0.717) is 31.9 Å². The molecule has 8 heteroatoms. The summed E-state index contributed by atoms with van der Waals surface area (Å²) in [5.74, 6) is 0.336. The molecule has 0 unspecified atom stereocenters. The number of nitriles is 1. The highest BCUT2D eigenvalue weighted by Gasteiger charge is 2.13. The number of nitrogen functional groups attached to an aromatic ring is 1. The van der Waals surface area contributed by atoms with Crippen LogP contribution in [0.5, 0.6) is 0 Å². The molecule has 0 amide bonds. The van der Waals surface area contributed by atoms with Crippen LogP contribution in [0.15, 0.2) is 29.3 Å². The zero-order valence-corrected chi connectivity index (χ0v) is 13.4. The highest BCUT2D eigenvalue weighted by molar-refractivity contribution is 6.45. The fourth-order valence-corrected chi connectivity index (χ4v) is 2.50. The molecule has 22 heavy (non-hydrogen) atoms. The largest absolute Gasteiger partial charge is 0.383 e. The van der Waals surface area contributed by atoms with Crippen LogP contribution in [-0.2, 0) is 0 Å². The quantitative estimate of drug-likeness (QED) is 0.381. The van der Waals surface area contributed by atoms with Crippen LogP contribution < -0.4 is 11.5 Å². The maximum Gasteiger partial charge on any atom is 0.145 e. The first-order valence-electron chi connectivity index (χ1n) is 6.02. The molecule has 2 aromatic rings. The van der Waals surface area contributed by atoms with Gasteiger partial charge in [-0.25, -0.2) is 4.98 Å². The van der Waals surface area contributed by atoms with Gasteiger partial charge in [-0.2, -0.15) is 5.26 Å². The third-order valence-corrected chi connectivity index (χ3v) is 3.81. The summed E-state index contributed by atoms with van der Waals surface area (Å²) >= 11 is 18.2. The average molecular weight is 355 g/mol. The van der Waals surface area contributed by atoms with E-state index in [1.807, 2.05) is 6.07 Å². The zero-order valence-electron chi connectivity index (χ0n) is 11.1. The molecule has 4 N–H and O–H groups in total. The number of rotatable bonds is 3. The number of anilines is 1. The molecule has 0 spiro atoms. The maximum atomic E-state index is 8.49. The normalized spacial score (nSPS) is 11.3. The second kappa shape index (κ2) is 6.84. The van der Waals surface area contributed by atoms with Crippen LogP contribution in [0.4, 0.5) is 5.82 Å². The molecule has 0 aliphatic heterocycles. The van der Waals surface area contributed by atoms with Gasteiger partial charge < -0.3 is 11.5 Å². The Morgan fingerprint density at radius 1 is 1.23 bits per heavy atom. The van der Waals surface area contributed by atoms with Gasteiger partial charge >= 0.3 is 0 Å². The molecule has 0 atom stereocenters. The summed E-state index contributed by atoms with van der Waals surface area (Å²) in [6, 6.07) is 8.38. The molecule has 0 aliphatic rings. The first-order chi connectivity index (χ1) is 10.4. The van der Waals surface area contributed by atoms with Gasteiger partial charge in [0.1, 0.15) is 23.9 Å². The number of aromatic nitrogens is 1. The third kappa shape index (κ3) is 3.42. The summed E-state index contributed by atoms with van der Waals surface area (Å²) in [5.41, 5.74) is 13.2. The fourth-order valence-electron chi connectivity index (χ4n) is 1.80. The van der Waals surface area contributed by atoms with Crippen molar-refractivity contribution < 1.29 is 0 Å². The summed E-state index contributed by atoms with van der Waals surface area (Å²) < 4.78 is 0. The first-order valence-corrected chi connectivity index (χ1v) is 7.16. The van der Waals surface area contributed by atoms with Crippen molar-refractivity contribution in [3.8, 4) is 17.2 Å². The Labute approximate surface area is 142 Å². The fraction of sp³-hybridized carbons (Fsp3) is 0.0714. The van der Waals surface area contributed by atoms with Crippen LogP contribution in [-0.4, -0.2) is 17.4 Å². The minimum atomic E-state index is -0.0507. The van der Waals surface area contributed by atoms with Crippen molar-refractivity contribution in [3.63, 3.8) is 0 Å². The lowest BCUT2D eigenvalue weighted by atomic mass is 10.1. The summed E-state index contributed by atoms with van der Waals surface area (Å²) in [6.07, 6.45) is 0. The van der Waals surface area contributed by atoms with Crippen molar-refractivity contribution in [3.05, 3.63) is 45.0 Å².